The minimum absolute atomic E-state index is 0.555. The molecule has 0 unspecified atom stereocenters. The van der Waals surface area contributed by atoms with Gasteiger partial charge in [0.25, 0.3) is 0 Å². The molecule has 3 aromatic carbocycles. The Bertz CT molecular complexity index is 1440. The summed E-state index contributed by atoms with van der Waals surface area (Å²) in [7, 11) is 1.64. The number of imidazole rings is 1. The van der Waals surface area contributed by atoms with E-state index >= 15 is 0 Å². The Kier molecular flexibility index (Phi) is 4.84. The second-order valence-electron chi connectivity index (χ2n) is 7.15. The number of aromatic nitrogens is 2. The number of benzene rings is 3. The average Bonchev–Trinajstić information content (AvgIpc) is 3.21. The lowest BCUT2D eigenvalue weighted by Gasteiger charge is -2.08. The van der Waals surface area contributed by atoms with E-state index in [4.69, 9.17) is 20.8 Å². The van der Waals surface area contributed by atoms with Crippen LogP contribution in [0.15, 0.2) is 76.2 Å². The number of methoxy groups -OCH3 is 1. The summed E-state index contributed by atoms with van der Waals surface area (Å²) in [5.41, 5.74) is 7.37. The van der Waals surface area contributed by atoms with Gasteiger partial charge in [0.1, 0.15) is 17.1 Å². The third-order valence-corrected chi connectivity index (χ3v) is 5.48. The number of aryl methyl sites for hydroxylation is 1. The zero-order chi connectivity index (χ0) is 21.4. The first-order valence-electron chi connectivity index (χ1n) is 9.73. The number of hydrogen-bond acceptors (Lipinski definition) is 5. The number of halogens is 1. The zero-order valence-corrected chi connectivity index (χ0v) is 17.7. The maximum Gasteiger partial charge on any atom is 0.222 e. The van der Waals surface area contributed by atoms with Crippen molar-refractivity contribution in [3.05, 3.63) is 82.7 Å². The molecule has 6 nitrogen and oxygen atoms in total. The van der Waals surface area contributed by atoms with Gasteiger partial charge in [-0.25, -0.2) is 10.4 Å². The molecule has 2 N–H and O–H groups in total. The molecule has 0 atom stereocenters. The van der Waals surface area contributed by atoms with Crippen molar-refractivity contribution in [2.75, 3.05) is 12.5 Å². The Balaban J connectivity index is 1.64. The van der Waals surface area contributed by atoms with E-state index in [2.05, 4.69) is 20.5 Å². The summed E-state index contributed by atoms with van der Waals surface area (Å²) in [6.07, 6.45) is 0. The minimum atomic E-state index is 0.555. The van der Waals surface area contributed by atoms with Gasteiger partial charge in [-0.15, -0.1) is 0 Å². The fourth-order valence-corrected chi connectivity index (χ4v) is 3.56. The van der Waals surface area contributed by atoms with Gasteiger partial charge in [0.05, 0.1) is 23.5 Å². The van der Waals surface area contributed by atoms with Gasteiger partial charge in [-0.3, -0.25) is 0 Å². The van der Waals surface area contributed by atoms with Crippen LogP contribution in [-0.4, -0.2) is 17.1 Å². The molecule has 0 fully saturated rings. The number of fused-ring (bicyclic) bond motifs is 2. The van der Waals surface area contributed by atoms with Crippen LogP contribution in [0, 0.1) is 6.92 Å². The van der Waals surface area contributed by atoms with E-state index in [1.165, 1.54) is 0 Å². The molecule has 2 aromatic heterocycles. The number of aromatic amines is 1. The van der Waals surface area contributed by atoms with Gasteiger partial charge < -0.3 is 14.1 Å². The summed E-state index contributed by atoms with van der Waals surface area (Å²) >= 11 is 6.38. The van der Waals surface area contributed by atoms with E-state index < -0.39 is 0 Å². The molecule has 0 spiro atoms. The Morgan fingerprint density at radius 3 is 2.65 bits per heavy atom. The zero-order valence-electron chi connectivity index (χ0n) is 16.9. The van der Waals surface area contributed by atoms with E-state index in [0.29, 0.717) is 27.7 Å². The van der Waals surface area contributed by atoms with Crippen LogP contribution in [0.3, 0.4) is 0 Å². The number of nitrogens with zero attached hydrogens (tertiary/aromatic N) is 2. The van der Waals surface area contributed by atoms with Gasteiger partial charge in [0.2, 0.25) is 5.95 Å². The van der Waals surface area contributed by atoms with Crippen LogP contribution in [0.5, 0.6) is 5.75 Å². The number of H-pyrrole nitrogens is 1. The third-order valence-electron chi connectivity index (χ3n) is 5.07. The highest BCUT2D eigenvalue weighted by atomic mass is 35.5. The van der Waals surface area contributed by atoms with E-state index in [9.17, 15) is 0 Å². The molecule has 154 valence electrons. The van der Waals surface area contributed by atoms with Crippen LogP contribution in [0.2, 0.25) is 5.02 Å². The summed E-state index contributed by atoms with van der Waals surface area (Å²) < 4.78 is 11.4. The molecule has 0 amide bonds. The van der Waals surface area contributed by atoms with E-state index in [0.717, 1.165) is 33.3 Å². The van der Waals surface area contributed by atoms with Crippen LogP contribution in [-0.2, 0) is 0 Å². The quantitative estimate of drug-likeness (QED) is 0.349. The lowest BCUT2D eigenvalue weighted by Crippen LogP contribution is -2.08. The van der Waals surface area contributed by atoms with Crippen LogP contribution in [0.1, 0.15) is 5.56 Å². The largest absolute Gasteiger partial charge is 0.497 e. The van der Waals surface area contributed by atoms with Gasteiger partial charge in [-0.05, 0) is 61.0 Å². The molecule has 31 heavy (non-hydrogen) atoms. The molecular weight excluding hydrogens is 412 g/mol. The molecule has 5 rings (SSSR count). The van der Waals surface area contributed by atoms with Crippen molar-refractivity contribution < 1.29 is 9.15 Å². The highest BCUT2D eigenvalue weighted by Gasteiger charge is 2.09. The molecule has 0 saturated heterocycles. The summed E-state index contributed by atoms with van der Waals surface area (Å²) in [6.45, 7) is 1.95. The van der Waals surface area contributed by atoms with Crippen molar-refractivity contribution in [1.29, 1.82) is 0 Å². The SMILES string of the molecule is COc1ccc(-c2cc(=NNc3nc4ccccc4[nH]3)c3cc(Cl)c(C)cc3o2)cc1. The lowest BCUT2D eigenvalue weighted by molar-refractivity contribution is 0.415. The van der Waals surface area contributed by atoms with Crippen molar-refractivity contribution in [2.24, 2.45) is 5.10 Å². The predicted molar refractivity (Wildman–Crippen MR) is 123 cm³/mol. The molecule has 0 radical (unpaired) electrons. The van der Waals surface area contributed by atoms with Crippen molar-refractivity contribution >= 4 is 39.6 Å². The van der Waals surface area contributed by atoms with Gasteiger partial charge in [-0.1, -0.05) is 23.7 Å². The Morgan fingerprint density at radius 1 is 1.06 bits per heavy atom. The van der Waals surface area contributed by atoms with Crippen LogP contribution >= 0.6 is 11.6 Å². The molecular formula is C24H19ClN4O2. The number of hydrogen-bond donors (Lipinski definition) is 2. The number of nitrogens with one attached hydrogen (secondary N) is 2. The maximum atomic E-state index is 6.38. The van der Waals surface area contributed by atoms with Crippen molar-refractivity contribution in [2.45, 2.75) is 6.92 Å². The summed E-state index contributed by atoms with van der Waals surface area (Å²) in [5.74, 6) is 2.02. The topological polar surface area (TPSA) is 75.4 Å². The highest BCUT2D eigenvalue weighted by molar-refractivity contribution is 6.32. The molecule has 0 aliphatic heterocycles. The van der Waals surface area contributed by atoms with E-state index in [1.807, 2.05) is 73.7 Å². The minimum Gasteiger partial charge on any atom is -0.497 e. The first-order valence-corrected chi connectivity index (χ1v) is 10.1. The fraction of sp³-hybridized carbons (Fsp3) is 0.0833. The van der Waals surface area contributed by atoms with Crippen LogP contribution in [0.25, 0.3) is 33.3 Å². The Morgan fingerprint density at radius 2 is 1.87 bits per heavy atom. The first-order chi connectivity index (χ1) is 15.1. The fourth-order valence-electron chi connectivity index (χ4n) is 3.40. The predicted octanol–water partition coefficient (Wildman–Crippen LogP) is 5.87. The second kappa shape index (κ2) is 7.81. The van der Waals surface area contributed by atoms with E-state index in [1.54, 1.807) is 7.11 Å². The Labute approximate surface area is 183 Å². The van der Waals surface area contributed by atoms with Gasteiger partial charge in [-0.2, -0.15) is 5.10 Å². The molecule has 0 saturated carbocycles. The summed E-state index contributed by atoms with van der Waals surface area (Å²) in [4.78, 5) is 7.73. The molecule has 0 aliphatic rings. The molecule has 0 aliphatic carbocycles. The molecule has 7 heteroatoms. The summed E-state index contributed by atoms with van der Waals surface area (Å²) in [6, 6.07) is 21.2. The molecule has 2 heterocycles. The lowest BCUT2D eigenvalue weighted by atomic mass is 10.1. The third kappa shape index (κ3) is 3.73. The van der Waals surface area contributed by atoms with Gasteiger partial charge in [0.15, 0.2) is 0 Å². The van der Waals surface area contributed by atoms with Crippen LogP contribution in [0.4, 0.5) is 5.95 Å². The smallest absolute Gasteiger partial charge is 0.222 e. The number of rotatable bonds is 4. The van der Waals surface area contributed by atoms with Crippen molar-refractivity contribution in [3.8, 4) is 17.1 Å². The normalized spacial score (nSPS) is 11.9. The maximum absolute atomic E-state index is 6.38. The standard InChI is InChI=1S/C24H19ClN4O2/c1-14-11-23-17(12-18(14)25)21(13-22(31-23)15-7-9-16(30-2)10-8-15)28-29-24-26-19-5-3-4-6-20(19)27-24/h3-13H,1-2H3,(H2,26,27,29). The Hall–Kier alpha value is -3.77. The monoisotopic (exact) mass is 430 g/mol. The highest BCUT2D eigenvalue weighted by Crippen LogP contribution is 2.27. The van der Waals surface area contributed by atoms with Crippen LogP contribution < -0.4 is 15.5 Å². The first kappa shape index (κ1) is 19.2. The van der Waals surface area contributed by atoms with Gasteiger partial charge >= 0.3 is 0 Å². The molecule has 0 bridgehead atoms. The van der Waals surface area contributed by atoms with E-state index in [-0.39, 0.29) is 0 Å². The second-order valence-corrected chi connectivity index (χ2v) is 7.56. The molecule has 5 aromatic rings. The summed E-state index contributed by atoms with van der Waals surface area (Å²) in [5, 5.41) is 6.75. The number of para-hydroxylation sites is 2. The number of ether oxygens (including phenoxy) is 1. The van der Waals surface area contributed by atoms with Crippen molar-refractivity contribution in [3.63, 3.8) is 0 Å². The number of anilines is 1. The van der Waals surface area contributed by atoms with Gasteiger partial charge in [0, 0.05) is 22.0 Å². The average molecular weight is 431 g/mol. The van der Waals surface area contributed by atoms with Crippen molar-refractivity contribution in [1.82, 2.24) is 9.97 Å².